The zero-order valence-electron chi connectivity index (χ0n) is 17.5. The van der Waals surface area contributed by atoms with Gasteiger partial charge < -0.3 is 14.5 Å². The molecule has 3 aromatic rings. The maximum atomic E-state index is 13.4. The average molecular weight is 464 g/mol. The summed E-state index contributed by atoms with van der Waals surface area (Å²) in [7, 11) is 1.49. The highest BCUT2D eigenvalue weighted by atomic mass is 35.5. The minimum Gasteiger partial charge on any atom is -0.467 e. The predicted molar refractivity (Wildman–Crippen MR) is 117 cm³/mol. The highest BCUT2D eigenvalue weighted by Gasteiger charge is 2.36. The zero-order valence-corrected chi connectivity index (χ0v) is 18.3. The quantitative estimate of drug-likeness (QED) is 0.551. The maximum Gasteiger partial charge on any atom is 0.419 e. The summed E-state index contributed by atoms with van der Waals surface area (Å²) >= 11 is 6.15. The van der Waals surface area contributed by atoms with Crippen molar-refractivity contribution >= 4 is 23.2 Å². The van der Waals surface area contributed by atoms with Crippen LogP contribution in [0.5, 0.6) is 6.01 Å². The first-order valence-corrected chi connectivity index (χ1v) is 10.4. The molecule has 10 heteroatoms. The highest BCUT2D eigenvalue weighted by molar-refractivity contribution is 6.30. The Morgan fingerprint density at radius 1 is 0.969 bits per heavy atom. The minimum atomic E-state index is -4.46. The third-order valence-corrected chi connectivity index (χ3v) is 5.59. The molecule has 3 heterocycles. The number of nitrogens with zero attached hydrogens (tertiary/aromatic N) is 5. The highest BCUT2D eigenvalue weighted by Crippen LogP contribution is 2.36. The summed E-state index contributed by atoms with van der Waals surface area (Å²) in [6.45, 7) is 3.61. The lowest BCUT2D eigenvalue weighted by molar-refractivity contribution is -0.137. The summed E-state index contributed by atoms with van der Waals surface area (Å²) < 4.78 is 45.5. The molecule has 0 N–H and O–H groups in total. The summed E-state index contributed by atoms with van der Waals surface area (Å²) in [4.78, 5) is 16.7. The molecule has 1 fully saturated rings. The number of halogens is 4. The van der Waals surface area contributed by atoms with Gasteiger partial charge in [0.1, 0.15) is 11.6 Å². The van der Waals surface area contributed by atoms with Crippen molar-refractivity contribution in [2.45, 2.75) is 13.1 Å². The van der Waals surface area contributed by atoms with E-state index in [0.29, 0.717) is 42.7 Å². The molecule has 0 aliphatic carbocycles. The summed E-state index contributed by atoms with van der Waals surface area (Å²) in [5.41, 5.74) is 1.65. The van der Waals surface area contributed by atoms with Gasteiger partial charge in [-0.15, -0.1) is 0 Å². The minimum absolute atomic E-state index is 0.0451. The molecule has 0 unspecified atom stereocenters. The van der Waals surface area contributed by atoms with E-state index in [-0.39, 0.29) is 11.8 Å². The Labute approximate surface area is 188 Å². The van der Waals surface area contributed by atoms with Gasteiger partial charge >= 0.3 is 12.2 Å². The first kappa shape index (κ1) is 22.1. The molecule has 1 aliphatic heterocycles. The summed E-state index contributed by atoms with van der Waals surface area (Å²) in [5, 5.41) is 0.588. The van der Waals surface area contributed by atoms with E-state index in [1.165, 1.54) is 19.4 Å². The average Bonchev–Trinajstić information content (AvgIpc) is 2.79. The number of ether oxygens (including phenoxy) is 1. The second kappa shape index (κ2) is 8.82. The number of piperazine rings is 1. The van der Waals surface area contributed by atoms with Crippen LogP contribution < -0.4 is 14.5 Å². The summed E-state index contributed by atoms with van der Waals surface area (Å²) in [6.07, 6.45) is -3.07. The van der Waals surface area contributed by atoms with Crippen molar-refractivity contribution in [3.05, 3.63) is 58.7 Å². The fourth-order valence-corrected chi connectivity index (χ4v) is 3.99. The molecule has 0 spiro atoms. The number of pyridine rings is 1. The van der Waals surface area contributed by atoms with Crippen molar-refractivity contribution in [1.29, 1.82) is 0 Å². The normalized spacial score (nSPS) is 14.6. The van der Waals surface area contributed by atoms with Crippen molar-refractivity contribution < 1.29 is 17.9 Å². The molecule has 4 rings (SSSR count). The molecule has 1 aromatic carbocycles. The molecular formula is C22H21ClF3N5O. The smallest absolute Gasteiger partial charge is 0.419 e. The first-order chi connectivity index (χ1) is 15.3. The van der Waals surface area contributed by atoms with Crippen LogP contribution in [0.15, 0.2) is 42.6 Å². The van der Waals surface area contributed by atoms with Crippen molar-refractivity contribution in [2.24, 2.45) is 0 Å². The Morgan fingerprint density at radius 2 is 1.66 bits per heavy atom. The summed E-state index contributed by atoms with van der Waals surface area (Å²) in [6, 6.07) is 9.93. The molecule has 6 nitrogen and oxygen atoms in total. The standard InChI is InChI=1S/C22H21ClF3N5O/c1-14-18(15-5-3-6-16(23)13-15)28-21(32-2)29-19(14)30-9-11-31(12-10-30)20-17(22(24,25)26)7-4-8-27-20/h3-8,13H,9-12H2,1-2H3. The van der Waals surface area contributed by atoms with Gasteiger partial charge in [0.25, 0.3) is 0 Å². The van der Waals surface area contributed by atoms with Gasteiger partial charge in [-0.1, -0.05) is 23.7 Å². The zero-order chi connectivity index (χ0) is 22.9. The fourth-order valence-electron chi connectivity index (χ4n) is 3.80. The van der Waals surface area contributed by atoms with Crippen molar-refractivity contribution in [1.82, 2.24) is 15.0 Å². The molecule has 32 heavy (non-hydrogen) atoms. The van der Waals surface area contributed by atoms with Gasteiger partial charge in [-0.05, 0) is 31.2 Å². The van der Waals surface area contributed by atoms with Crippen molar-refractivity contribution in [3.63, 3.8) is 0 Å². The van der Waals surface area contributed by atoms with Crippen LogP contribution in [0, 0.1) is 6.92 Å². The Balaban J connectivity index is 1.61. The van der Waals surface area contributed by atoms with Crippen LogP contribution >= 0.6 is 11.6 Å². The second-order valence-electron chi connectivity index (χ2n) is 7.36. The van der Waals surface area contributed by atoms with Crippen LogP contribution in [0.25, 0.3) is 11.3 Å². The molecule has 0 atom stereocenters. The number of benzene rings is 1. The van der Waals surface area contributed by atoms with Gasteiger partial charge in [0.2, 0.25) is 0 Å². The summed E-state index contributed by atoms with van der Waals surface area (Å²) in [5.74, 6) is 0.639. The van der Waals surface area contributed by atoms with E-state index in [4.69, 9.17) is 16.3 Å². The Kier molecular flexibility index (Phi) is 6.10. The Bertz CT molecular complexity index is 1120. The monoisotopic (exact) mass is 463 g/mol. The van der Waals surface area contributed by atoms with E-state index >= 15 is 0 Å². The largest absolute Gasteiger partial charge is 0.467 e. The number of anilines is 2. The molecule has 0 bridgehead atoms. The van der Waals surface area contributed by atoms with Crippen LogP contribution in [0.4, 0.5) is 24.8 Å². The molecule has 0 amide bonds. The lowest BCUT2D eigenvalue weighted by Gasteiger charge is -2.37. The van der Waals surface area contributed by atoms with Gasteiger partial charge in [0.15, 0.2) is 0 Å². The van der Waals surface area contributed by atoms with E-state index in [9.17, 15) is 13.2 Å². The second-order valence-corrected chi connectivity index (χ2v) is 7.80. The number of aromatic nitrogens is 3. The fraction of sp³-hybridized carbons (Fsp3) is 0.318. The van der Waals surface area contributed by atoms with Crippen LogP contribution in [0.2, 0.25) is 5.02 Å². The predicted octanol–water partition coefficient (Wildman–Crippen LogP) is 4.85. The van der Waals surface area contributed by atoms with Crippen molar-refractivity contribution in [3.8, 4) is 17.3 Å². The van der Waals surface area contributed by atoms with E-state index in [1.807, 2.05) is 30.0 Å². The molecule has 2 aromatic heterocycles. The molecule has 168 valence electrons. The van der Waals surface area contributed by atoms with E-state index < -0.39 is 11.7 Å². The first-order valence-electron chi connectivity index (χ1n) is 9.98. The van der Waals surface area contributed by atoms with E-state index in [2.05, 4.69) is 15.0 Å². The van der Waals surface area contributed by atoms with Crippen LogP contribution in [0.1, 0.15) is 11.1 Å². The van der Waals surface area contributed by atoms with Gasteiger partial charge in [-0.25, -0.2) is 4.98 Å². The number of alkyl halides is 3. The number of rotatable bonds is 4. The van der Waals surface area contributed by atoms with Crippen LogP contribution in [-0.4, -0.2) is 48.2 Å². The number of methoxy groups -OCH3 is 1. The lowest BCUT2D eigenvalue weighted by Crippen LogP contribution is -2.48. The van der Waals surface area contributed by atoms with Gasteiger partial charge in [-0.3, -0.25) is 0 Å². The third kappa shape index (κ3) is 4.43. The SMILES string of the molecule is COc1nc(-c2cccc(Cl)c2)c(C)c(N2CCN(c3ncccc3C(F)(F)F)CC2)n1. The molecule has 0 saturated carbocycles. The Morgan fingerprint density at radius 3 is 2.28 bits per heavy atom. The van der Waals surface area contributed by atoms with E-state index in [0.717, 1.165) is 17.2 Å². The van der Waals surface area contributed by atoms with E-state index in [1.54, 1.807) is 11.0 Å². The molecule has 0 radical (unpaired) electrons. The van der Waals surface area contributed by atoms with Crippen LogP contribution in [-0.2, 0) is 6.18 Å². The van der Waals surface area contributed by atoms with Gasteiger partial charge in [0.05, 0.1) is 18.4 Å². The van der Waals surface area contributed by atoms with Crippen LogP contribution in [0.3, 0.4) is 0 Å². The number of hydrogen-bond donors (Lipinski definition) is 0. The number of hydrogen-bond acceptors (Lipinski definition) is 6. The lowest BCUT2D eigenvalue weighted by atomic mass is 10.1. The van der Waals surface area contributed by atoms with Crippen molar-refractivity contribution in [2.75, 3.05) is 43.1 Å². The molecule has 1 saturated heterocycles. The molecule has 1 aliphatic rings. The molecular weight excluding hydrogens is 443 g/mol. The third-order valence-electron chi connectivity index (χ3n) is 5.35. The van der Waals surface area contributed by atoms with Gasteiger partial charge in [-0.2, -0.15) is 23.1 Å². The topological polar surface area (TPSA) is 54.4 Å². The van der Waals surface area contributed by atoms with Gasteiger partial charge in [0, 0.05) is 48.5 Å². The maximum absolute atomic E-state index is 13.4. The Hall–Kier alpha value is -3.07.